The van der Waals surface area contributed by atoms with Gasteiger partial charge >= 0.3 is 0 Å². The summed E-state index contributed by atoms with van der Waals surface area (Å²) in [5, 5.41) is 6.12. The van der Waals surface area contributed by atoms with Crippen LogP contribution in [0.5, 0.6) is 0 Å². The molecule has 0 spiro atoms. The predicted molar refractivity (Wildman–Crippen MR) is 143 cm³/mol. The minimum atomic E-state index is -4.14. The van der Waals surface area contributed by atoms with Crippen molar-refractivity contribution in [3.05, 3.63) is 89.1 Å². The number of nitrogens with zero attached hydrogens (tertiary/aromatic N) is 2. The minimum Gasteiger partial charge on any atom is -0.326 e. The monoisotopic (exact) mass is 533 g/mol. The first-order chi connectivity index (χ1) is 17.7. The molecule has 1 aromatic heterocycles. The number of benzene rings is 3. The summed E-state index contributed by atoms with van der Waals surface area (Å²) in [5.41, 5.74) is 0.830. The van der Waals surface area contributed by atoms with E-state index in [0.29, 0.717) is 11.4 Å². The van der Waals surface area contributed by atoms with Crippen LogP contribution in [0.3, 0.4) is 0 Å². The average molecular weight is 534 g/mol. The molecule has 4 aromatic rings. The van der Waals surface area contributed by atoms with E-state index in [1.807, 2.05) is 35.7 Å². The Bertz CT molecular complexity index is 1600. The molecule has 0 bridgehead atoms. The Hall–Kier alpha value is -3.86. The van der Waals surface area contributed by atoms with Gasteiger partial charge in [-0.25, -0.2) is 13.3 Å². The van der Waals surface area contributed by atoms with E-state index < -0.39 is 27.9 Å². The molecular formula is C27H23N3O5S2. The standard InChI is InChI=1S/C27H23N3O5S2/c1-18(31)28-21-9-11-22(12-10-21)30-26(32)16-25(27(30)33)29(17-23-7-4-14-36-23)37(34,35)24-13-8-19-5-2-3-6-20(19)15-24/h2-15,25H,16-17H2,1H3,(H,28,31). The fraction of sp³-hybridized carbons (Fsp3) is 0.148. The van der Waals surface area contributed by atoms with Gasteiger partial charge in [0, 0.05) is 24.0 Å². The van der Waals surface area contributed by atoms with Crippen LogP contribution in [-0.4, -0.2) is 36.5 Å². The molecule has 1 unspecified atom stereocenters. The third-order valence-electron chi connectivity index (χ3n) is 6.14. The number of sulfonamides is 1. The number of hydrogen-bond acceptors (Lipinski definition) is 6. The van der Waals surface area contributed by atoms with Gasteiger partial charge < -0.3 is 5.32 Å². The lowest BCUT2D eigenvalue weighted by Gasteiger charge is -2.26. The Balaban J connectivity index is 1.51. The van der Waals surface area contributed by atoms with Crippen molar-refractivity contribution >= 4 is 61.2 Å². The Morgan fingerprint density at radius 2 is 1.73 bits per heavy atom. The fourth-order valence-corrected chi connectivity index (χ4v) is 6.77. The molecule has 1 aliphatic rings. The van der Waals surface area contributed by atoms with Gasteiger partial charge in [0.15, 0.2) is 0 Å². The zero-order chi connectivity index (χ0) is 26.2. The minimum absolute atomic E-state index is 0.0359. The Kier molecular flexibility index (Phi) is 6.63. The van der Waals surface area contributed by atoms with Crippen molar-refractivity contribution in [3.8, 4) is 0 Å². The quantitative estimate of drug-likeness (QED) is 0.355. The molecule has 2 heterocycles. The number of amides is 3. The van der Waals surface area contributed by atoms with Gasteiger partial charge in [-0.1, -0.05) is 36.4 Å². The molecule has 1 saturated heterocycles. The molecule has 1 fully saturated rings. The molecule has 8 nitrogen and oxygen atoms in total. The highest BCUT2D eigenvalue weighted by atomic mass is 32.2. The van der Waals surface area contributed by atoms with Crippen LogP contribution in [0.25, 0.3) is 10.8 Å². The van der Waals surface area contributed by atoms with Gasteiger partial charge in [0.1, 0.15) is 6.04 Å². The van der Waals surface area contributed by atoms with Crippen molar-refractivity contribution < 1.29 is 22.8 Å². The van der Waals surface area contributed by atoms with Crippen LogP contribution < -0.4 is 10.2 Å². The summed E-state index contributed by atoms with van der Waals surface area (Å²) in [5.74, 6) is -1.35. The summed E-state index contributed by atoms with van der Waals surface area (Å²) in [7, 11) is -4.14. The summed E-state index contributed by atoms with van der Waals surface area (Å²) in [6.45, 7) is 1.34. The second-order valence-corrected chi connectivity index (χ2v) is 11.6. The topological polar surface area (TPSA) is 104 Å². The number of thiophene rings is 1. The van der Waals surface area contributed by atoms with E-state index in [4.69, 9.17) is 0 Å². The lowest BCUT2D eigenvalue weighted by Crippen LogP contribution is -2.44. The highest BCUT2D eigenvalue weighted by Crippen LogP contribution is 2.32. The van der Waals surface area contributed by atoms with Crippen LogP contribution in [0.1, 0.15) is 18.2 Å². The van der Waals surface area contributed by atoms with Gasteiger partial charge in [-0.15, -0.1) is 11.3 Å². The summed E-state index contributed by atoms with van der Waals surface area (Å²) in [6.07, 6.45) is -0.273. The van der Waals surface area contributed by atoms with E-state index in [0.717, 1.165) is 24.9 Å². The Labute approximate surface area is 218 Å². The first kappa shape index (κ1) is 24.8. The van der Waals surface area contributed by atoms with Crippen LogP contribution in [0.2, 0.25) is 0 Å². The second-order valence-electron chi connectivity index (χ2n) is 8.65. The number of rotatable bonds is 7. The average Bonchev–Trinajstić information content (AvgIpc) is 3.49. The molecule has 3 amide bonds. The van der Waals surface area contributed by atoms with Crippen LogP contribution in [0, 0.1) is 0 Å². The largest absolute Gasteiger partial charge is 0.326 e. The molecule has 0 saturated carbocycles. The lowest BCUT2D eigenvalue weighted by molar-refractivity contribution is -0.122. The summed E-state index contributed by atoms with van der Waals surface area (Å²) in [4.78, 5) is 39.7. The van der Waals surface area contributed by atoms with Gasteiger partial charge in [0.2, 0.25) is 21.8 Å². The van der Waals surface area contributed by atoms with E-state index in [1.54, 1.807) is 42.5 Å². The molecule has 37 heavy (non-hydrogen) atoms. The van der Waals surface area contributed by atoms with Crippen LogP contribution in [0.4, 0.5) is 11.4 Å². The maximum atomic E-state index is 13.9. The van der Waals surface area contributed by atoms with Crippen molar-refractivity contribution in [1.82, 2.24) is 4.31 Å². The Morgan fingerprint density at radius 3 is 2.41 bits per heavy atom. The van der Waals surface area contributed by atoms with Crippen molar-refractivity contribution in [3.63, 3.8) is 0 Å². The third kappa shape index (κ3) is 4.91. The number of fused-ring (bicyclic) bond motifs is 1. The van der Waals surface area contributed by atoms with E-state index in [9.17, 15) is 22.8 Å². The highest BCUT2D eigenvalue weighted by Gasteiger charge is 2.47. The first-order valence-electron chi connectivity index (χ1n) is 11.5. The van der Waals surface area contributed by atoms with E-state index in [1.165, 1.54) is 24.3 Å². The van der Waals surface area contributed by atoms with Gasteiger partial charge in [-0.3, -0.25) is 14.4 Å². The zero-order valence-corrected chi connectivity index (χ0v) is 21.5. The predicted octanol–water partition coefficient (Wildman–Crippen LogP) is 4.38. The van der Waals surface area contributed by atoms with Crippen LogP contribution in [0.15, 0.2) is 89.1 Å². The number of hydrogen-bond donors (Lipinski definition) is 1. The number of carbonyl (C=O) groups is 3. The maximum absolute atomic E-state index is 13.9. The van der Waals surface area contributed by atoms with Gasteiger partial charge in [0.05, 0.1) is 17.0 Å². The summed E-state index contributed by atoms with van der Waals surface area (Å²) in [6, 6.07) is 20.9. The van der Waals surface area contributed by atoms with Gasteiger partial charge in [-0.2, -0.15) is 4.31 Å². The number of nitrogens with one attached hydrogen (secondary N) is 1. The summed E-state index contributed by atoms with van der Waals surface area (Å²) < 4.78 is 29.0. The molecule has 3 aromatic carbocycles. The van der Waals surface area contributed by atoms with Crippen molar-refractivity contribution in [1.29, 1.82) is 0 Å². The maximum Gasteiger partial charge on any atom is 0.252 e. The molecule has 0 aliphatic carbocycles. The molecule has 0 radical (unpaired) electrons. The van der Waals surface area contributed by atoms with E-state index in [2.05, 4.69) is 5.32 Å². The van der Waals surface area contributed by atoms with E-state index >= 15 is 0 Å². The molecule has 5 rings (SSSR count). The SMILES string of the molecule is CC(=O)Nc1ccc(N2C(=O)CC(N(Cc3cccs3)S(=O)(=O)c3ccc4ccccc4c3)C2=O)cc1. The van der Waals surface area contributed by atoms with Crippen LogP contribution >= 0.6 is 11.3 Å². The molecule has 188 valence electrons. The second kappa shape index (κ2) is 9.89. The van der Waals surface area contributed by atoms with Crippen molar-refractivity contribution in [2.24, 2.45) is 0 Å². The van der Waals surface area contributed by atoms with Crippen molar-refractivity contribution in [2.75, 3.05) is 10.2 Å². The number of carbonyl (C=O) groups excluding carboxylic acids is 3. The summed E-state index contributed by atoms with van der Waals surface area (Å²) >= 11 is 1.38. The van der Waals surface area contributed by atoms with Crippen LogP contribution in [-0.2, 0) is 31.0 Å². The smallest absolute Gasteiger partial charge is 0.252 e. The number of anilines is 2. The molecule has 1 N–H and O–H groups in total. The van der Waals surface area contributed by atoms with Gasteiger partial charge in [0.25, 0.3) is 5.91 Å². The first-order valence-corrected chi connectivity index (χ1v) is 13.8. The molecule has 10 heteroatoms. The highest BCUT2D eigenvalue weighted by molar-refractivity contribution is 7.89. The molecular weight excluding hydrogens is 510 g/mol. The zero-order valence-electron chi connectivity index (χ0n) is 19.8. The lowest BCUT2D eigenvalue weighted by atomic mass is 10.1. The molecule has 1 atom stereocenters. The fourth-order valence-electron chi connectivity index (χ4n) is 4.39. The number of imide groups is 1. The molecule has 1 aliphatic heterocycles. The Morgan fingerprint density at radius 1 is 1.00 bits per heavy atom. The van der Waals surface area contributed by atoms with E-state index in [-0.39, 0.29) is 23.8 Å². The normalized spacial score (nSPS) is 16.1. The van der Waals surface area contributed by atoms with Gasteiger partial charge in [-0.05, 0) is 58.6 Å². The van der Waals surface area contributed by atoms with Crippen molar-refractivity contribution in [2.45, 2.75) is 30.8 Å². The third-order valence-corrected chi connectivity index (χ3v) is 8.85.